The fourth-order valence-electron chi connectivity index (χ4n) is 1.53. The number of anilines is 1. The quantitative estimate of drug-likeness (QED) is 0.820. The summed E-state index contributed by atoms with van der Waals surface area (Å²) in [5.41, 5.74) is 0.927. The van der Waals surface area contributed by atoms with E-state index in [9.17, 15) is 0 Å². The molecule has 2 rings (SSSR count). The summed E-state index contributed by atoms with van der Waals surface area (Å²) in [7, 11) is 0. The molecule has 0 radical (unpaired) electrons. The Kier molecular flexibility index (Phi) is 3.31. The van der Waals surface area contributed by atoms with Crippen molar-refractivity contribution >= 4 is 16.9 Å². The number of aromatic nitrogens is 2. The Balaban J connectivity index is 2.19. The van der Waals surface area contributed by atoms with Crippen LogP contribution < -0.4 is 5.32 Å². The summed E-state index contributed by atoms with van der Waals surface area (Å²) in [6.45, 7) is 2.16. The third-order valence-electron chi connectivity index (χ3n) is 2.43. The van der Waals surface area contributed by atoms with Gasteiger partial charge in [-0.1, -0.05) is 18.2 Å². The molecule has 0 amide bonds. The van der Waals surface area contributed by atoms with E-state index in [2.05, 4.69) is 15.3 Å². The van der Waals surface area contributed by atoms with Crippen LogP contribution in [0.5, 0.6) is 0 Å². The molecule has 0 bridgehead atoms. The predicted molar refractivity (Wildman–Crippen MR) is 64.3 cm³/mol. The summed E-state index contributed by atoms with van der Waals surface area (Å²) in [5.74, 6) is 0.611. The standard InChI is InChI=1S/C12H15N3O/c1-9(6-7-16)14-12-13-8-10-4-2-3-5-11(10)15-12/h2-5,8-9,16H,6-7H2,1H3,(H,13,14,15). The molecule has 2 aromatic rings. The minimum atomic E-state index is 0.168. The number of para-hydroxylation sites is 1. The molecular weight excluding hydrogens is 202 g/mol. The highest BCUT2D eigenvalue weighted by Crippen LogP contribution is 2.12. The van der Waals surface area contributed by atoms with Crippen molar-refractivity contribution in [3.63, 3.8) is 0 Å². The van der Waals surface area contributed by atoms with E-state index >= 15 is 0 Å². The molecule has 0 aliphatic carbocycles. The van der Waals surface area contributed by atoms with Gasteiger partial charge in [0.1, 0.15) is 0 Å². The lowest BCUT2D eigenvalue weighted by molar-refractivity contribution is 0.282. The van der Waals surface area contributed by atoms with Gasteiger partial charge in [0.15, 0.2) is 0 Å². The number of fused-ring (bicyclic) bond motifs is 1. The fraction of sp³-hybridized carbons (Fsp3) is 0.333. The molecule has 0 spiro atoms. The molecule has 0 saturated carbocycles. The fourth-order valence-corrected chi connectivity index (χ4v) is 1.53. The van der Waals surface area contributed by atoms with Crippen LogP contribution in [0, 0.1) is 0 Å². The number of hydrogen-bond donors (Lipinski definition) is 2. The highest BCUT2D eigenvalue weighted by atomic mass is 16.3. The van der Waals surface area contributed by atoms with E-state index in [1.165, 1.54) is 0 Å². The van der Waals surface area contributed by atoms with Crippen LogP contribution in [0.1, 0.15) is 13.3 Å². The first-order valence-electron chi connectivity index (χ1n) is 5.39. The molecule has 0 fully saturated rings. The maximum Gasteiger partial charge on any atom is 0.223 e. The lowest BCUT2D eigenvalue weighted by Gasteiger charge is -2.12. The van der Waals surface area contributed by atoms with E-state index in [-0.39, 0.29) is 12.6 Å². The monoisotopic (exact) mass is 217 g/mol. The largest absolute Gasteiger partial charge is 0.396 e. The summed E-state index contributed by atoms with van der Waals surface area (Å²) in [5, 5.41) is 13.0. The van der Waals surface area contributed by atoms with Gasteiger partial charge in [0.05, 0.1) is 5.52 Å². The van der Waals surface area contributed by atoms with Gasteiger partial charge < -0.3 is 10.4 Å². The number of aliphatic hydroxyl groups excluding tert-OH is 1. The van der Waals surface area contributed by atoms with E-state index in [1.807, 2.05) is 31.2 Å². The van der Waals surface area contributed by atoms with Gasteiger partial charge in [-0.25, -0.2) is 9.97 Å². The molecule has 1 atom stereocenters. The van der Waals surface area contributed by atoms with Gasteiger partial charge in [-0.05, 0) is 19.4 Å². The van der Waals surface area contributed by atoms with Gasteiger partial charge in [0, 0.05) is 24.2 Å². The van der Waals surface area contributed by atoms with E-state index in [0.29, 0.717) is 12.4 Å². The Hall–Kier alpha value is -1.68. The number of benzene rings is 1. The van der Waals surface area contributed by atoms with E-state index in [1.54, 1.807) is 6.20 Å². The lowest BCUT2D eigenvalue weighted by atomic mass is 10.2. The Labute approximate surface area is 94.4 Å². The van der Waals surface area contributed by atoms with Gasteiger partial charge in [-0.3, -0.25) is 0 Å². The maximum absolute atomic E-state index is 8.81. The van der Waals surface area contributed by atoms with Gasteiger partial charge in [0.2, 0.25) is 5.95 Å². The molecule has 1 aromatic heterocycles. The molecule has 16 heavy (non-hydrogen) atoms. The molecule has 4 nitrogen and oxygen atoms in total. The first-order valence-corrected chi connectivity index (χ1v) is 5.39. The van der Waals surface area contributed by atoms with E-state index in [0.717, 1.165) is 10.9 Å². The van der Waals surface area contributed by atoms with Crippen molar-refractivity contribution in [3.05, 3.63) is 30.5 Å². The summed E-state index contributed by atoms with van der Waals surface area (Å²) < 4.78 is 0. The number of hydrogen-bond acceptors (Lipinski definition) is 4. The van der Waals surface area contributed by atoms with Crippen molar-refractivity contribution in [2.45, 2.75) is 19.4 Å². The molecule has 1 heterocycles. The van der Waals surface area contributed by atoms with Crippen LogP contribution in [0.2, 0.25) is 0 Å². The zero-order chi connectivity index (χ0) is 11.4. The third kappa shape index (κ3) is 2.46. The molecule has 4 heteroatoms. The molecule has 84 valence electrons. The van der Waals surface area contributed by atoms with Crippen LogP contribution in [-0.4, -0.2) is 27.7 Å². The van der Waals surface area contributed by atoms with Crippen LogP contribution in [0.4, 0.5) is 5.95 Å². The van der Waals surface area contributed by atoms with Crippen LogP contribution in [0.15, 0.2) is 30.5 Å². The number of nitrogens with one attached hydrogen (secondary N) is 1. The second kappa shape index (κ2) is 4.90. The van der Waals surface area contributed by atoms with Gasteiger partial charge >= 0.3 is 0 Å². The van der Waals surface area contributed by atoms with Crippen LogP contribution >= 0.6 is 0 Å². The van der Waals surface area contributed by atoms with Crippen LogP contribution in [0.25, 0.3) is 10.9 Å². The summed E-state index contributed by atoms with van der Waals surface area (Å²) in [6, 6.07) is 8.03. The van der Waals surface area contributed by atoms with Gasteiger partial charge in [0.25, 0.3) is 0 Å². The zero-order valence-corrected chi connectivity index (χ0v) is 9.22. The second-order valence-electron chi connectivity index (χ2n) is 3.81. The van der Waals surface area contributed by atoms with Crippen LogP contribution in [-0.2, 0) is 0 Å². The lowest BCUT2D eigenvalue weighted by Crippen LogP contribution is -2.18. The van der Waals surface area contributed by atoms with Crippen molar-refractivity contribution in [3.8, 4) is 0 Å². The van der Waals surface area contributed by atoms with E-state index < -0.39 is 0 Å². The van der Waals surface area contributed by atoms with Crippen LogP contribution in [0.3, 0.4) is 0 Å². The Morgan fingerprint density at radius 1 is 1.38 bits per heavy atom. The summed E-state index contributed by atoms with van der Waals surface area (Å²) >= 11 is 0. The molecule has 0 aliphatic heterocycles. The van der Waals surface area contributed by atoms with Crippen molar-refractivity contribution in [2.75, 3.05) is 11.9 Å². The van der Waals surface area contributed by atoms with Crippen molar-refractivity contribution in [1.82, 2.24) is 9.97 Å². The Morgan fingerprint density at radius 3 is 3.00 bits per heavy atom. The number of nitrogens with zero attached hydrogens (tertiary/aromatic N) is 2. The highest BCUT2D eigenvalue weighted by Gasteiger charge is 2.03. The maximum atomic E-state index is 8.81. The molecule has 1 aromatic carbocycles. The average molecular weight is 217 g/mol. The minimum absolute atomic E-state index is 0.168. The van der Waals surface area contributed by atoms with Crippen molar-refractivity contribution in [2.24, 2.45) is 0 Å². The minimum Gasteiger partial charge on any atom is -0.396 e. The van der Waals surface area contributed by atoms with Crippen molar-refractivity contribution < 1.29 is 5.11 Å². The Morgan fingerprint density at radius 2 is 2.19 bits per heavy atom. The van der Waals surface area contributed by atoms with Gasteiger partial charge in [-0.2, -0.15) is 0 Å². The Bertz CT molecular complexity index is 473. The molecular formula is C12H15N3O. The normalized spacial score (nSPS) is 12.6. The number of aliphatic hydroxyl groups is 1. The molecule has 0 saturated heterocycles. The molecule has 1 unspecified atom stereocenters. The molecule has 0 aliphatic rings. The average Bonchev–Trinajstić information content (AvgIpc) is 2.29. The summed E-state index contributed by atoms with van der Waals surface area (Å²) in [4.78, 5) is 8.62. The first kappa shape index (κ1) is 10.8. The SMILES string of the molecule is CC(CCO)Nc1ncc2ccccc2n1. The highest BCUT2D eigenvalue weighted by molar-refractivity contribution is 5.78. The third-order valence-corrected chi connectivity index (χ3v) is 2.43. The second-order valence-corrected chi connectivity index (χ2v) is 3.81. The van der Waals surface area contributed by atoms with Crippen molar-refractivity contribution in [1.29, 1.82) is 0 Å². The topological polar surface area (TPSA) is 58.0 Å². The smallest absolute Gasteiger partial charge is 0.223 e. The zero-order valence-electron chi connectivity index (χ0n) is 9.22. The summed E-state index contributed by atoms with van der Waals surface area (Å²) in [6.07, 6.45) is 2.49. The van der Waals surface area contributed by atoms with Gasteiger partial charge in [-0.15, -0.1) is 0 Å². The first-order chi connectivity index (χ1) is 7.79. The predicted octanol–water partition coefficient (Wildman–Crippen LogP) is 1.81. The molecule has 2 N–H and O–H groups in total. The van der Waals surface area contributed by atoms with E-state index in [4.69, 9.17) is 5.11 Å². The number of rotatable bonds is 4.